The highest BCUT2D eigenvalue weighted by Gasteiger charge is 2.25. The lowest BCUT2D eigenvalue weighted by Gasteiger charge is -2.19. The molecule has 0 saturated carbocycles. The van der Waals surface area contributed by atoms with Crippen molar-refractivity contribution in [2.45, 2.75) is 19.4 Å². The maximum atomic E-state index is 12.4. The van der Waals surface area contributed by atoms with Gasteiger partial charge in [-0.05, 0) is 43.3 Å². The van der Waals surface area contributed by atoms with E-state index in [1.54, 1.807) is 24.3 Å². The zero-order chi connectivity index (χ0) is 19.2. The topological polar surface area (TPSA) is 96.7 Å². The van der Waals surface area contributed by atoms with Gasteiger partial charge in [0, 0.05) is 30.8 Å². The van der Waals surface area contributed by atoms with Crippen LogP contribution < -0.4 is 21.3 Å². The van der Waals surface area contributed by atoms with Gasteiger partial charge in [0.05, 0.1) is 17.9 Å². The van der Waals surface area contributed by atoms with E-state index in [0.717, 1.165) is 18.7 Å². The van der Waals surface area contributed by atoms with Gasteiger partial charge >= 0.3 is 6.09 Å². The van der Waals surface area contributed by atoms with Crippen molar-refractivity contribution in [2.24, 2.45) is 0 Å². The Kier molecular flexibility index (Phi) is 5.80. The average Bonchev–Trinajstić information content (AvgIpc) is 3.12. The van der Waals surface area contributed by atoms with Gasteiger partial charge in [-0.3, -0.25) is 4.79 Å². The molecule has 7 nitrogen and oxygen atoms in total. The first-order chi connectivity index (χ1) is 13.1. The summed E-state index contributed by atoms with van der Waals surface area (Å²) in [7, 11) is 0. The minimum absolute atomic E-state index is 0.124. The number of alkyl carbamates (subject to hydrolysis) is 1. The van der Waals surface area contributed by atoms with E-state index in [2.05, 4.69) is 15.5 Å². The number of amides is 2. The third-order valence-electron chi connectivity index (χ3n) is 4.44. The second-order valence-corrected chi connectivity index (χ2v) is 6.38. The van der Waals surface area contributed by atoms with Crippen LogP contribution in [0, 0.1) is 0 Å². The third-order valence-corrected chi connectivity index (χ3v) is 4.44. The average molecular weight is 368 g/mol. The van der Waals surface area contributed by atoms with Crippen molar-refractivity contribution in [3.05, 3.63) is 54.1 Å². The summed E-state index contributed by atoms with van der Waals surface area (Å²) < 4.78 is 5.38. The lowest BCUT2D eigenvalue weighted by Crippen LogP contribution is -2.30. The van der Waals surface area contributed by atoms with E-state index in [4.69, 9.17) is 10.5 Å². The molecule has 0 aliphatic carbocycles. The molecule has 1 heterocycles. The number of para-hydroxylation sites is 2. The standard InChI is InChI=1S/C20H24N4O3/c1-2-22-20(26)27-16-11-12-24(13-16)15-9-7-14(8-10-15)19(25)23-18-6-4-3-5-17(18)21/h3-10,16H,2,11-13,21H2,1H3,(H,22,26)(H,23,25)/t16-/m0/s1. The summed E-state index contributed by atoms with van der Waals surface area (Å²) >= 11 is 0. The Balaban J connectivity index is 1.58. The van der Waals surface area contributed by atoms with Gasteiger partial charge in [0.2, 0.25) is 0 Å². The normalized spacial score (nSPS) is 16.0. The van der Waals surface area contributed by atoms with E-state index in [-0.39, 0.29) is 18.1 Å². The van der Waals surface area contributed by atoms with Crippen LogP contribution in [0.25, 0.3) is 0 Å². The molecule has 0 unspecified atom stereocenters. The van der Waals surface area contributed by atoms with Crippen molar-refractivity contribution in [3.63, 3.8) is 0 Å². The predicted molar refractivity (Wildman–Crippen MR) is 106 cm³/mol. The molecule has 7 heteroatoms. The summed E-state index contributed by atoms with van der Waals surface area (Å²) in [4.78, 5) is 26.1. The number of nitrogens with one attached hydrogen (secondary N) is 2. The number of carbonyl (C=O) groups excluding carboxylic acids is 2. The Hall–Kier alpha value is -3.22. The van der Waals surface area contributed by atoms with Crippen LogP contribution in [0.4, 0.5) is 21.9 Å². The SMILES string of the molecule is CCNC(=O)O[C@H]1CCN(c2ccc(C(=O)Nc3ccccc3N)cc2)C1. The fourth-order valence-electron chi connectivity index (χ4n) is 3.03. The molecule has 2 amide bonds. The van der Waals surface area contributed by atoms with Gasteiger partial charge in [-0.25, -0.2) is 4.79 Å². The molecule has 2 aromatic rings. The van der Waals surface area contributed by atoms with E-state index in [1.807, 2.05) is 31.2 Å². The van der Waals surface area contributed by atoms with Crippen LogP contribution in [0.5, 0.6) is 0 Å². The Morgan fingerprint density at radius 3 is 2.63 bits per heavy atom. The molecule has 1 atom stereocenters. The van der Waals surface area contributed by atoms with Crippen LogP contribution >= 0.6 is 0 Å². The second kappa shape index (κ2) is 8.44. The lowest BCUT2D eigenvalue weighted by molar-refractivity contribution is 0.102. The molecule has 1 fully saturated rings. The van der Waals surface area contributed by atoms with Crippen molar-refractivity contribution in [1.82, 2.24) is 5.32 Å². The van der Waals surface area contributed by atoms with E-state index in [9.17, 15) is 9.59 Å². The number of ether oxygens (including phenoxy) is 1. The van der Waals surface area contributed by atoms with Crippen LogP contribution in [0.15, 0.2) is 48.5 Å². The smallest absolute Gasteiger partial charge is 0.407 e. The predicted octanol–water partition coefficient (Wildman–Crippen LogP) is 2.85. The molecular weight excluding hydrogens is 344 g/mol. The quantitative estimate of drug-likeness (QED) is 0.705. The van der Waals surface area contributed by atoms with Crippen molar-refractivity contribution in [1.29, 1.82) is 0 Å². The van der Waals surface area contributed by atoms with Crippen molar-refractivity contribution < 1.29 is 14.3 Å². The van der Waals surface area contributed by atoms with Gasteiger partial charge in [0.25, 0.3) is 5.91 Å². The van der Waals surface area contributed by atoms with Gasteiger partial charge in [-0.2, -0.15) is 0 Å². The number of carbonyl (C=O) groups is 2. The molecular formula is C20H24N4O3. The molecule has 142 valence electrons. The highest BCUT2D eigenvalue weighted by Crippen LogP contribution is 2.23. The second-order valence-electron chi connectivity index (χ2n) is 6.38. The van der Waals surface area contributed by atoms with Crippen LogP contribution in [0.1, 0.15) is 23.7 Å². The highest BCUT2D eigenvalue weighted by molar-refractivity contribution is 6.05. The first-order valence-electron chi connectivity index (χ1n) is 9.02. The molecule has 0 spiro atoms. The van der Waals surface area contributed by atoms with Gasteiger partial charge in [-0.15, -0.1) is 0 Å². The number of nitrogens with two attached hydrogens (primary N) is 1. The van der Waals surface area contributed by atoms with Crippen molar-refractivity contribution in [3.8, 4) is 0 Å². The van der Waals surface area contributed by atoms with Crippen LogP contribution in [-0.4, -0.2) is 37.7 Å². The molecule has 3 rings (SSSR count). The van der Waals surface area contributed by atoms with Gasteiger partial charge in [0.15, 0.2) is 0 Å². The minimum Gasteiger partial charge on any atom is -0.444 e. The number of nitrogen functional groups attached to an aromatic ring is 1. The molecule has 0 aromatic heterocycles. The molecule has 27 heavy (non-hydrogen) atoms. The van der Waals surface area contributed by atoms with Gasteiger partial charge in [-0.1, -0.05) is 12.1 Å². The largest absolute Gasteiger partial charge is 0.444 e. The Bertz CT molecular complexity index is 807. The van der Waals surface area contributed by atoms with Crippen molar-refractivity contribution in [2.75, 3.05) is 35.6 Å². The van der Waals surface area contributed by atoms with Crippen molar-refractivity contribution >= 4 is 29.1 Å². The van der Waals surface area contributed by atoms with Crippen LogP contribution in [0.3, 0.4) is 0 Å². The Morgan fingerprint density at radius 2 is 1.93 bits per heavy atom. The highest BCUT2D eigenvalue weighted by atomic mass is 16.6. The van der Waals surface area contributed by atoms with E-state index in [0.29, 0.717) is 30.0 Å². The van der Waals surface area contributed by atoms with Gasteiger partial charge in [0.1, 0.15) is 6.10 Å². The summed E-state index contributed by atoms with van der Waals surface area (Å²) in [5.74, 6) is -0.210. The van der Waals surface area contributed by atoms with Crippen LogP contribution in [-0.2, 0) is 4.74 Å². The molecule has 0 bridgehead atoms. The summed E-state index contributed by atoms with van der Waals surface area (Å²) in [6.07, 6.45) is 0.282. The number of hydrogen-bond acceptors (Lipinski definition) is 5. The van der Waals surface area contributed by atoms with E-state index < -0.39 is 0 Å². The number of anilines is 3. The number of rotatable bonds is 5. The Morgan fingerprint density at radius 1 is 1.19 bits per heavy atom. The van der Waals surface area contributed by atoms with Gasteiger partial charge < -0.3 is 26.0 Å². The maximum absolute atomic E-state index is 12.4. The molecule has 4 N–H and O–H groups in total. The Labute approximate surface area is 158 Å². The molecule has 2 aromatic carbocycles. The number of hydrogen-bond donors (Lipinski definition) is 3. The summed E-state index contributed by atoms with van der Waals surface area (Å²) in [5, 5.41) is 5.45. The fraction of sp³-hybridized carbons (Fsp3) is 0.300. The molecule has 1 saturated heterocycles. The molecule has 0 radical (unpaired) electrons. The number of nitrogens with zero attached hydrogens (tertiary/aromatic N) is 1. The van der Waals surface area contributed by atoms with E-state index >= 15 is 0 Å². The zero-order valence-corrected chi connectivity index (χ0v) is 15.3. The summed E-state index contributed by atoms with van der Waals surface area (Å²) in [6, 6.07) is 14.5. The molecule has 1 aliphatic heterocycles. The van der Waals surface area contributed by atoms with Crippen LogP contribution in [0.2, 0.25) is 0 Å². The first kappa shape index (κ1) is 18.6. The van der Waals surface area contributed by atoms with E-state index in [1.165, 1.54) is 0 Å². The maximum Gasteiger partial charge on any atom is 0.407 e. The zero-order valence-electron chi connectivity index (χ0n) is 15.3. The monoisotopic (exact) mass is 368 g/mol. The fourth-order valence-corrected chi connectivity index (χ4v) is 3.03. The number of benzene rings is 2. The first-order valence-corrected chi connectivity index (χ1v) is 9.02. The summed E-state index contributed by atoms with van der Waals surface area (Å²) in [6.45, 7) is 3.85. The molecule has 1 aliphatic rings. The minimum atomic E-state index is -0.378. The lowest BCUT2D eigenvalue weighted by atomic mass is 10.1. The third kappa shape index (κ3) is 4.69. The summed E-state index contributed by atoms with van der Waals surface area (Å²) in [5.41, 5.74) is 8.52.